The number of methoxy groups -OCH3 is 1. The third kappa shape index (κ3) is 3.50. The first-order chi connectivity index (χ1) is 14.5. The van der Waals surface area contributed by atoms with Crippen molar-refractivity contribution in [2.75, 3.05) is 13.7 Å². The fourth-order valence-electron chi connectivity index (χ4n) is 3.40. The highest BCUT2D eigenvalue weighted by Crippen LogP contribution is 2.31. The molecule has 1 unspecified atom stereocenters. The largest absolute Gasteiger partial charge is 0.497 e. The van der Waals surface area contributed by atoms with Crippen LogP contribution in [0.1, 0.15) is 31.2 Å². The third-order valence-electron chi connectivity index (χ3n) is 4.77. The van der Waals surface area contributed by atoms with Crippen LogP contribution in [0.5, 0.6) is 5.75 Å². The summed E-state index contributed by atoms with van der Waals surface area (Å²) in [4.78, 5) is 31.2. The summed E-state index contributed by atoms with van der Waals surface area (Å²) < 4.78 is 17.9. The summed E-state index contributed by atoms with van der Waals surface area (Å²) >= 11 is 1.25. The van der Waals surface area contributed by atoms with Gasteiger partial charge in [-0.2, -0.15) is 0 Å². The molecular weight excluding hydrogens is 404 g/mol. The van der Waals surface area contributed by atoms with E-state index in [-0.39, 0.29) is 12.2 Å². The van der Waals surface area contributed by atoms with Gasteiger partial charge < -0.3 is 13.9 Å². The van der Waals surface area contributed by atoms with E-state index in [0.29, 0.717) is 32.1 Å². The number of rotatable bonds is 5. The monoisotopic (exact) mass is 424 g/mol. The predicted octanol–water partition coefficient (Wildman–Crippen LogP) is 2.40. The summed E-state index contributed by atoms with van der Waals surface area (Å²) in [6.45, 7) is 3.73. The van der Waals surface area contributed by atoms with E-state index in [1.54, 1.807) is 62.1 Å². The van der Waals surface area contributed by atoms with Crippen molar-refractivity contribution in [3.05, 3.63) is 84.9 Å². The number of fused-ring (bicyclic) bond motifs is 1. The van der Waals surface area contributed by atoms with Gasteiger partial charge >= 0.3 is 5.97 Å². The van der Waals surface area contributed by atoms with Crippen LogP contribution in [0.4, 0.5) is 0 Å². The van der Waals surface area contributed by atoms with Crippen LogP contribution in [-0.4, -0.2) is 24.3 Å². The molecule has 8 heteroatoms. The number of benzene rings is 1. The van der Waals surface area contributed by atoms with Gasteiger partial charge in [0.1, 0.15) is 11.5 Å². The maximum absolute atomic E-state index is 13.3. The van der Waals surface area contributed by atoms with E-state index in [2.05, 4.69) is 4.99 Å². The molecule has 1 aliphatic rings. The number of hydrogen-bond acceptors (Lipinski definition) is 7. The molecule has 4 rings (SSSR count). The van der Waals surface area contributed by atoms with E-state index in [1.807, 2.05) is 12.1 Å². The second-order valence-corrected chi connectivity index (χ2v) is 7.60. The van der Waals surface area contributed by atoms with E-state index in [4.69, 9.17) is 13.9 Å². The summed E-state index contributed by atoms with van der Waals surface area (Å²) in [7, 11) is 1.58. The van der Waals surface area contributed by atoms with Crippen molar-refractivity contribution in [2.45, 2.75) is 19.9 Å². The number of thiazole rings is 1. The van der Waals surface area contributed by atoms with Gasteiger partial charge in [-0.25, -0.2) is 9.79 Å². The predicted molar refractivity (Wildman–Crippen MR) is 112 cm³/mol. The lowest BCUT2D eigenvalue weighted by molar-refractivity contribution is -0.139. The lowest BCUT2D eigenvalue weighted by Gasteiger charge is -2.24. The van der Waals surface area contributed by atoms with Crippen LogP contribution in [0.15, 0.2) is 68.1 Å². The SMILES string of the molecule is CCOC(=O)C1=C(C)N=c2s/c(=C\c3ccco3)c(=O)n2C1c1ccc(OC)cc1. The Bertz CT molecular complexity index is 1280. The Labute approximate surface area is 176 Å². The van der Waals surface area contributed by atoms with Crippen molar-refractivity contribution in [1.29, 1.82) is 0 Å². The molecule has 1 aromatic carbocycles. The molecule has 0 amide bonds. The third-order valence-corrected chi connectivity index (χ3v) is 5.75. The lowest BCUT2D eigenvalue weighted by atomic mass is 9.96. The Balaban J connectivity index is 1.95. The van der Waals surface area contributed by atoms with E-state index in [9.17, 15) is 9.59 Å². The lowest BCUT2D eigenvalue weighted by Crippen LogP contribution is -2.39. The van der Waals surface area contributed by atoms with E-state index in [0.717, 1.165) is 5.56 Å². The number of allylic oxidation sites excluding steroid dienone is 1. The fourth-order valence-corrected chi connectivity index (χ4v) is 4.42. The second kappa shape index (κ2) is 8.16. The number of aromatic nitrogens is 1. The Morgan fingerprint density at radius 3 is 2.70 bits per heavy atom. The van der Waals surface area contributed by atoms with Crippen molar-refractivity contribution in [1.82, 2.24) is 4.57 Å². The van der Waals surface area contributed by atoms with Gasteiger partial charge in [-0.3, -0.25) is 9.36 Å². The van der Waals surface area contributed by atoms with Crippen LogP contribution < -0.4 is 19.6 Å². The van der Waals surface area contributed by atoms with Crippen LogP contribution in [0.3, 0.4) is 0 Å². The molecule has 0 radical (unpaired) electrons. The molecule has 0 fully saturated rings. The van der Waals surface area contributed by atoms with Crippen molar-refractivity contribution in [3.63, 3.8) is 0 Å². The maximum Gasteiger partial charge on any atom is 0.338 e. The van der Waals surface area contributed by atoms with Crippen molar-refractivity contribution in [3.8, 4) is 5.75 Å². The molecule has 154 valence electrons. The van der Waals surface area contributed by atoms with Gasteiger partial charge in [-0.1, -0.05) is 23.5 Å². The number of hydrogen-bond donors (Lipinski definition) is 0. The number of furan rings is 1. The van der Waals surface area contributed by atoms with E-state index < -0.39 is 12.0 Å². The van der Waals surface area contributed by atoms with Crippen molar-refractivity contribution in [2.24, 2.45) is 4.99 Å². The first-order valence-electron chi connectivity index (χ1n) is 9.40. The van der Waals surface area contributed by atoms with E-state index in [1.165, 1.54) is 11.3 Å². The van der Waals surface area contributed by atoms with Gasteiger partial charge in [-0.15, -0.1) is 0 Å². The number of esters is 1. The molecule has 0 aliphatic carbocycles. The molecule has 30 heavy (non-hydrogen) atoms. The topological polar surface area (TPSA) is 83.0 Å². The highest BCUT2D eigenvalue weighted by molar-refractivity contribution is 7.07. The molecule has 2 aromatic heterocycles. The molecule has 1 aliphatic heterocycles. The van der Waals surface area contributed by atoms with Crippen LogP contribution in [0, 0.1) is 0 Å². The molecule has 0 bridgehead atoms. The molecule has 3 heterocycles. The summed E-state index contributed by atoms with van der Waals surface area (Å²) in [5.41, 5.74) is 1.39. The molecule has 0 N–H and O–H groups in total. The van der Waals surface area contributed by atoms with Crippen molar-refractivity contribution >= 4 is 23.4 Å². The second-order valence-electron chi connectivity index (χ2n) is 6.59. The Morgan fingerprint density at radius 2 is 2.07 bits per heavy atom. The van der Waals surface area contributed by atoms with E-state index >= 15 is 0 Å². The zero-order valence-corrected chi connectivity index (χ0v) is 17.6. The van der Waals surface area contributed by atoms with Crippen LogP contribution >= 0.6 is 11.3 Å². The quantitative estimate of drug-likeness (QED) is 0.588. The number of ether oxygens (including phenoxy) is 2. The Kier molecular flexibility index (Phi) is 5.41. The molecular formula is C22H20N2O5S. The summed E-state index contributed by atoms with van der Waals surface area (Å²) in [5.74, 6) is 0.768. The average molecular weight is 424 g/mol. The fraction of sp³-hybridized carbons (Fsp3) is 0.227. The van der Waals surface area contributed by atoms with Gasteiger partial charge in [0.05, 0.1) is 41.8 Å². The molecule has 1 atom stereocenters. The number of carbonyl (C=O) groups is 1. The molecule has 0 spiro atoms. The summed E-state index contributed by atoms with van der Waals surface area (Å²) in [6.07, 6.45) is 3.23. The van der Waals surface area contributed by atoms with Gasteiger partial charge in [0.15, 0.2) is 4.80 Å². The normalized spacial score (nSPS) is 16.2. The Morgan fingerprint density at radius 1 is 1.30 bits per heavy atom. The number of nitrogens with zero attached hydrogens (tertiary/aromatic N) is 2. The minimum atomic E-state index is -0.648. The summed E-state index contributed by atoms with van der Waals surface area (Å²) in [5, 5.41) is 0. The zero-order valence-electron chi connectivity index (χ0n) is 16.7. The standard InChI is InChI=1S/C22H20N2O5S/c1-4-28-21(26)18-13(2)23-22-24(19(18)14-7-9-15(27-3)10-8-14)20(25)17(30-22)12-16-6-5-11-29-16/h5-12,19H,4H2,1-3H3/b17-12-. The van der Waals surface area contributed by atoms with Crippen LogP contribution in [0.25, 0.3) is 6.08 Å². The zero-order chi connectivity index (χ0) is 21.3. The minimum absolute atomic E-state index is 0.230. The maximum atomic E-state index is 13.3. The highest BCUT2D eigenvalue weighted by Gasteiger charge is 2.33. The molecule has 7 nitrogen and oxygen atoms in total. The first-order valence-corrected chi connectivity index (χ1v) is 10.2. The highest BCUT2D eigenvalue weighted by atomic mass is 32.1. The smallest absolute Gasteiger partial charge is 0.338 e. The van der Waals surface area contributed by atoms with Crippen LogP contribution in [-0.2, 0) is 9.53 Å². The van der Waals surface area contributed by atoms with Crippen LogP contribution in [0.2, 0.25) is 0 Å². The average Bonchev–Trinajstić information content (AvgIpc) is 3.36. The minimum Gasteiger partial charge on any atom is -0.497 e. The molecule has 3 aromatic rings. The van der Waals surface area contributed by atoms with Gasteiger partial charge in [0.25, 0.3) is 5.56 Å². The molecule has 0 saturated heterocycles. The Hall–Kier alpha value is -3.39. The van der Waals surface area contributed by atoms with Gasteiger partial charge in [0, 0.05) is 6.08 Å². The first kappa shape index (κ1) is 19.9. The summed E-state index contributed by atoms with van der Waals surface area (Å²) in [6, 6.07) is 10.2. The molecule has 0 saturated carbocycles. The van der Waals surface area contributed by atoms with Gasteiger partial charge in [0.2, 0.25) is 0 Å². The number of carbonyl (C=O) groups excluding carboxylic acids is 1. The van der Waals surface area contributed by atoms with Gasteiger partial charge in [-0.05, 0) is 43.7 Å². The van der Waals surface area contributed by atoms with Crippen molar-refractivity contribution < 1.29 is 18.7 Å².